The lowest BCUT2D eigenvalue weighted by atomic mass is 10.7. The fraction of sp³-hybridized carbons (Fsp3) is 0.655. The van der Waals surface area contributed by atoms with Gasteiger partial charge in [0, 0.05) is 105 Å². The van der Waals surface area contributed by atoms with E-state index in [1.807, 2.05) is 314 Å². The lowest BCUT2D eigenvalue weighted by molar-refractivity contribution is 0.630. The number of imidazole rings is 1. The Morgan fingerprint density at radius 3 is 0.718 bits per heavy atom. The molecule has 0 amide bonds. The molecule has 0 aliphatic heterocycles. The van der Waals surface area contributed by atoms with Crippen LogP contribution in [0.4, 0.5) is 0 Å². The molecule has 8 aromatic rings. The maximum atomic E-state index is 3.83. The molecule has 78 heavy (non-hydrogen) atoms. The van der Waals surface area contributed by atoms with Crippen LogP contribution in [0.5, 0.6) is 0 Å². The third-order valence-electron chi connectivity index (χ3n) is 4.73. The van der Waals surface area contributed by atoms with Crippen molar-refractivity contribution in [2.45, 2.75) is 208 Å². The van der Waals surface area contributed by atoms with Gasteiger partial charge in [-0.15, -0.1) is 15.3 Å². The number of hydrogen-bond donors (Lipinski definition) is 0. The van der Waals surface area contributed by atoms with Gasteiger partial charge >= 0.3 is 0 Å². The lowest BCUT2D eigenvalue weighted by Gasteiger charge is -1.79. The Morgan fingerprint density at radius 2 is 0.628 bits per heavy atom. The van der Waals surface area contributed by atoms with E-state index in [0.29, 0.717) is 0 Å². The third-order valence-corrected chi connectivity index (χ3v) is 4.73. The quantitative estimate of drug-likeness (QED) is 0.140. The third kappa shape index (κ3) is 133. The van der Waals surface area contributed by atoms with Crippen molar-refractivity contribution in [3.8, 4) is 0 Å². The van der Waals surface area contributed by atoms with Crippen molar-refractivity contribution in [3.63, 3.8) is 0 Å². The molecule has 8 aromatic heterocycles. The molecule has 0 aromatic carbocycles. The zero-order chi connectivity index (χ0) is 65.2. The van der Waals surface area contributed by atoms with Crippen molar-refractivity contribution in [3.05, 3.63) is 124 Å². The Bertz CT molecular complexity index is 1280. The summed E-state index contributed by atoms with van der Waals surface area (Å²) in [6.07, 6.45) is 27.9. The summed E-state index contributed by atoms with van der Waals surface area (Å²) in [7, 11) is 14.9. The van der Waals surface area contributed by atoms with Crippen molar-refractivity contribution in [2.75, 3.05) is 0 Å². The number of aromatic nitrogens is 20. The van der Waals surface area contributed by atoms with Gasteiger partial charge in [0.2, 0.25) is 0 Å². The van der Waals surface area contributed by atoms with Gasteiger partial charge in [-0.1, -0.05) is 213 Å². The van der Waals surface area contributed by atoms with Gasteiger partial charge in [0.05, 0.1) is 32.0 Å². The number of rotatable bonds is 0. The van der Waals surface area contributed by atoms with Gasteiger partial charge in [0.15, 0.2) is 6.33 Å². The van der Waals surface area contributed by atoms with E-state index in [1.165, 1.54) is 22.2 Å². The van der Waals surface area contributed by atoms with Crippen LogP contribution in [-0.4, -0.2) is 98.6 Å². The van der Waals surface area contributed by atoms with Crippen LogP contribution in [0.2, 0.25) is 0 Å². The molecule has 0 saturated carbocycles. The van der Waals surface area contributed by atoms with Crippen LogP contribution in [0, 0.1) is 0 Å². The summed E-state index contributed by atoms with van der Waals surface area (Å²) < 4.78 is 10.7. The van der Waals surface area contributed by atoms with Crippen LogP contribution in [0.1, 0.15) is 208 Å². The average molecular weight is 1110 g/mol. The van der Waals surface area contributed by atoms with E-state index >= 15 is 0 Å². The van der Waals surface area contributed by atoms with Gasteiger partial charge < -0.3 is 9.13 Å². The molecular formula is C58H134N20. The fourth-order valence-electron chi connectivity index (χ4n) is 2.47. The highest BCUT2D eigenvalue weighted by atomic mass is 15.6. The first-order valence-electron chi connectivity index (χ1n) is 29.1. The Hall–Kier alpha value is -6.60. The van der Waals surface area contributed by atoms with Crippen molar-refractivity contribution in [2.24, 2.45) is 56.4 Å². The van der Waals surface area contributed by atoms with Crippen molar-refractivity contribution < 1.29 is 0 Å². The van der Waals surface area contributed by atoms with Gasteiger partial charge in [-0.2, -0.15) is 35.1 Å². The molecule has 20 heteroatoms. The fourth-order valence-corrected chi connectivity index (χ4v) is 2.47. The van der Waals surface area contributed by atoms with E-state index in [0.717, 1.165) is 0 Å². The zero-order valence-electron chi connectivity index (χ0n) is 58.5. The van der Waals surface area contributed by atoms with Crippen LogP contribution in [0.3, 0.4) is 0 Å². The van der Waals surface area contributed by atoms with Gasteiger partial charge in [-0.3, -0.25) is 18.7 Å². The van der Waals surface area contributed by atoms with Crippen LogP contribution in [0.25, 0.3) is 0 Å². The summed E-state index contributed by atoms with van der Waals surface area (Å²) in [6, 6.07) is 7.78. The molecule has 0 atom stereocenters. The topological polar surface area (TPSA) is 194 Å². The maximum absolute atomic E-state index is 3.83. The van der Waals surface area contributed by atoms with Crippen LogP contribution < -0.4 is 0 Å². The van der Waals surface area contributed by atoms with Crippen LogP contribution in [-0.2, 0) is 56.4 Å². The first-order valence-corrected chi connectivity index (χ1v) is 29.1. The van der Waals surface area contributed by atoms with Gasteiger partial charge in [-0.25, -0.2) is 9.97 Å². The predicted octanol–water partition coefficient (Wildman–Crippen LogP) is 16.3. The molecule has 0 aliphatic carbocycles. The summed E-state index contributed by atoms with van der Waals surface area (Å²) in [5.41, 5.74) is 0. The summed E-state index contributed by atoms with van der Waals surface area (Å²) >= 11 is 0. The zero-order valence-corrected chi connectivity index (χ0v) is 58.5. The minimum atomic E-state index is 1.39. The van der Waals surface area contributed by atoms with Gasteiger partial charge in [0.1, 0.15) is 12.7 Å². The van der Waals surface area contributed by atoms with E-state index in [1.54, 1.807) is 88.9 Å². The first-order chi connectivity index (χ1) is 38.2. The Labute approximate surface area is 485 Å². The summed E-state index contributed by atoms with van der Waals surface area (Å²) in [4.78, 5) is 10.3. The molecule has 466 valence electrons. The van der Waals surface area contributed by atoms with Gasteiger partial charge in [-0.05, 0) is 29.5 Å². The van der Waals surface area contributed by atoms with Crippen LogP contribution >= 0.6 is 0 Å². The summed E-state index contributed by atoms with van der Waals surface area (Å²) in [5, 5.41) is 36.5. The number of aryl methyl sites for hydroxylation is 8. The molecule has 8 rings (SSSR count). The normalized spacial score (nSPS) is 6.59. The van der Waals surface area contributed by atoms with Crippen molar-refractivity contribution in [1.82, 2.24) is 98.6 Å². The molecule has 0 fully saturated rings. The SMILES string of the molecule is CC.CC.CC.CC.CC.CC.CC.CC.CC.CC.CC.CC.CC.CC.CC.Cn1cccc1.Cn1cccn1.Cn1cccn1.Cn1ccnc1.Cn1ccnn1.Cn1cncn1.Cn1nccn1.Cn1ncnn1. The van der Waals surface area contributed by atoms with E-state index in [4.69, 9.17) is 0 Å². The molecular weight excluding hydrogens is 977 g/mol. The van der Waals surface area contributed by atoms with Crippen molar-refractivity contribution in [1.29, 1.82) is 0 Å². The predicted molar refractivity (Wildman–Crippen MR) is 347 cm³/mol. The highest BCUT2D eigenvalue weighted by molar-refractivity contribution is 4.88. The van der Waals surface area contributed by atoms with Crippen LogP contribution in [0.15, 0.2) is 124 Å². The van der Waals surface area contributed by atoms with Gasteiger partial charge in [0.25, 0.3) is 0 Å². The molecule has 20 nitrogen and oxygen atoms in total. The largest absolute Gasteiger partial charge is 0.357 e. The highest BCUT2D eigenvalue weighted by Crippen LogP contribution is 1.80. The first kappa shape index (κ1) is 111. The lowest BCUT2D eigenvalue weighted by Crippen LogP contribution is -1.90. The molecule has 0 spiro atoms. The summed E-state index contributed by atoms with van der Waals surface area (Å²) in [5.74, 6) is 0. The Morgan fingerprint density at radius 1 is 0.231 bits per heavy atom. The standard InChI is InChI=1S/C5H7N.3C4H6N2.3C3H5N3.C2H4N4.15C2H6/c1-6-4-2-3-5-6;1-6-3-2-5-4-6;2*1-6-4-2-3-5-6;1-6-3-4-2-5-6;1-6-3-2-4-5-6;2*1-6-4-2-3-5-6;15*1-2/h2-5H,1H3;3*2-4H,1H3;3*2-3H,1H3;2H,1H3;15*1-2H3. The highest BCUT2D eigenvalue weighted by Gasteiger charge is 1.74. The van der Waals surface area contributed by atoms with E-state index in [-0.39, 0.29) is 0 Å². The molecule has 0 radical (unpaired) electrons. The minimum Gasteiger partial charge on any atom is -0.357 e. The Balaban J connectivity index is -0.0000000419. The van der Waals surface area contributed by atoms with E-state index in [9.17, 15) is 0 Å². The molecule has 0 aliphatic rings. The Kier molecular flexibility index (Phi) is 198. The minimum absolute atomic E-state index is 1.39. The molecule has 0 saturated heterocycles. The molecule has 0 unspecified atom stereocenters. The second-order valence-electron chi connectivity index (χ2n) is 9.03. The number of tetrazole rings is 1. The molecule has 0 bridgehead atoms. The second-order valence-corrected chi connectivity index (χ2v) is 9.03. The van der Waals surface area contributed by atoms with Crippen molar-refractivity contribution >= 4 is 0 Å². The maximum Gasteiger partial charge on any atom is 0.162 e. The smallest absolute Gasteiger partial charge is 0.162 e. The number of nitrogens with zero attached hydrogens (tertiary/aromatic N) is 20. The summed E-state index contributed by atoms with van der Waals surface area (Å²) in [6.45, 7) is 60.0. The number of hydrogen-bond acceptors (Lipinski definition) is 12. The second kappa shape index (κ2) is 139. The van der Waals surface area contributed by atoms with E-state index in [2.05, 4.69) is 61.2 Å². The average Bonchev–Trinajstić information content (AvgIpc) is 4.38. The molecule has 8 heterocycles. The van der Waals surface area contributed by atoms with E-state index < -0.39 is 0 Å². The monoisotopic (exact) mass is 1110 g/mol. The molecule has 0 N–H and O–H groups in total.